The Hall–Kier alpha value is -2.40. The van der Waals surface area contributed by atoms with Crippen LogP contribution < -0.4 is 16.4 Å². The molecule has 3 aromatic heterocycles. The number of imidazole rings is 1. The fraction of sp³-hybridized carbons (Fsp3) is 0.438. The number of nitrogens with zero attached hydrogens (tertiary/aromatic N) is 5. The van der Waals surface area contributed by atoms with Crippen molar-refractivity contribution >= 4 is 27.2 Å². The summed E-state index contributed by atoms with van der Waals surface area (Å²) in [5.41, 5.74) is 10.8. The molecule has 144 valence electrons. The number of rotatable bonds is 3. The first kappa shape index (κ1) is 18.0. The second-order valence-corrected chi connectivity index (χ2v) is 7.52. The Balaban J connectivity index is 1.63. The fourth-order valence-corrected chi connectivity index (χ4v) is 4.15. The van der Waals surface area contributed by atoms with Crippen molar-refractivity contribution in [3.8, 4) is 11.3 Å². The largest absolute Gasteiger partial charge is 0.419 e. The summed E-state index contributed by atoms with van der Waals surface area (Å²) in [7, 11) is 0. The number of fused-ring (bicyclic) bond motifs is 1. The van der Waals surface area contributed by atoms with Gasteiger partial charge in [0, 0.05) is 24.8 Å². The maximum atomic E-state index is 13.0. The third-order valence-electron chi connectivity index (χ3n) is 4.68. The highest BCUT2D eigenvalue weighted by Gasteiger charge is 2.34. The van der Waals surface area contributed by atoms with Gasteiger partial charge in [0.1, 0.15) is 5.82 Å². The molecule has 3 aromatic rings. The van der Waals surface area contributed by atoms with Crippen molar-refractivity contribution in [2.24, 2.45) is 11.7 Å². The molecule has 4 rings (SSSR count). The van der Waals surface area contributed by atoms with Gasteiger partial charge in [-0.3, -0.25) is 0 Å². The Kier molecular flexibility index (Phi) is 4.42. The third kappa shape index (κ3) is 3.44. The highest BCUT2D eigenvalue weighted by atomic mass is 32.1. The zero-order valence-corrected chi connectivity index (χ0v) is 15.1. The summed E-state index contributed by atoms with van der Waals surface area (Å²) in [6.45, 7) is 2.42. The van der Waals surface area contributed by atoms with Crippen LogP contribution in [0.4, 0.5) is 24.1 Å². The van der Waals surface area contributed by atoms with Crippen molar-refractivity contribution in [3.05, 3.63) is 24.0 Å². The van der Waals surface area contributed by atoms with Crippen LogP contribution in [0.5, 0.6) is 0 Å². The molecule has 1 fully saturated rings. The van der Waals surface area contributed by atoms with Gasteiger partial charge >= 0.3 is 6.18 Å². The molecule has 0 amide bonds. The van der Waals surface area contributed by atoms with Crippen molar-refractivity contribution in [1.29, 1.82) is 0 Å². The van der Waals surface area contributed by atoms with Crippen LogP contribution >= 0.6 is 11.3 Å². The van der Waals surface area contributed by atoms with Gasteiger partial charge in [-0.2, -0.15) is 13.2 Å². The topological polar surface area (TPSA) is 98.4 Å². The van der Waals surface area contributed by atoms with Gasteiger partial charge in [-0.15, -0.1) is 5.10 Å². The van der Waals surface area contributed by atoms with Crippen LogP contribution in [0.15, 0.2) is 18.5 Å². The lowest BCUT2D eigenvalue weighted by Crippen LogP contribution is -2.38. The molecule has 4 heterocycles. The molecule has 0 spiro atoms. The molecule has 1 atom stereocenters. The van der Waals surface area contributed by atoms with E-state index in [0.717, 1.165) is 37.1 Å². The van der Waals surface area contributed by atoms with Crippen LogP contribution in [0.1, 0.15) is 18.4 Å². The summed E-state index contributed by atoms with van der Waals surface area (Å²) in [5, 5.41) is 5.37. The van der Waals surface area contributed by atoms with Crippen molar-refractivity contribution in [2.75, 3.05) is 30.3 Å². The van der Waals surface area contributed by atoms with E-state index in [4.69, 9.17) is 11.5 Å². The molecule has 11 heteroatoms. The number of aromatic nitrogens is 4. The number of anilines is 2. The zero-order valence-electron chi connectivity index (χ0n) is 14.3. The molecule has 4 N–H and O–H groups in total. The average Bonchev–Trinajstić information content (AvgIpc) is 3.20. The van der Waals surface area contributed by atoms with Crippen molar-refractivity contribution in [3.63, 3.8) is 0 Å². The Morgan fingerprint density at radius 2 is 2.15 bits per heavy atom. The molecule has 0 aliphatic carbocycles. The first-order valence-corrected chi connectivity index (χ1v) is 9.31. The molecule has 1 aliphatic rings. The lowest BCUT2D eigenvalue weighted by atomic mass is 9.99. The Morgan fingerprint density at radius 1 is 1.33 bits per heavy atom. The Bertz CT molecular complexity index is 933. The summed E-state index contributed by atoms with van der Waals surface area (Å²) in [6.07, 6.45) is 0.503. The minimum absolute atomic E-state index is 0.247. The summed E-state index contributed by atoms with van der Waals surface area (Å²) in [4.78, 5) is 10.9. The second-order valence-electron chi connectivity index (χ2n) is 6.58. The number of halogens is 3. The van der Waals surface area contributed by atoms with Crippen LogP contribution in [-0.2, 0) is 6.18 Å². The number of hydrogen-bond acceptors (Lipinski definition) is 7. The summed E-state index contributed by atoms with van der Waals surface area (Å²) in [5.74, 6) is -0.0978. The van der Waals surface area contributed by atoms with Gasteiger partial charge in [0.2, 0.25) is 10.1 Å². The minimum atomic E-state index is -4.57. The second kappa shape index (κ2) is 6.64. The van der Waals surface area contributed by atoms with Gasteiger partial charge in [0.15, 0.2) is 0 Å². The standard InChI is InChI=1S/C16H18F3N7S/c17-16(18,19)11-4-10(6-22-13(11)21)12-8-26-14(23-12)27-15(24-26)25-3-1-2-9(5-20)7-25/h4,6,8-9H,1-3,5,7,20H2,(H2,21,22). The predicted molar refractivity (Wildman–Crippen MR) is 97.5 cm³/mol. The van der Waals surface area contributed by atoms with Crippen LogP contribution in [-0.4, -0.2) is 39.2 Å². The van der Waals surface area contributed by atoms with Gasteiger partial charge in [0.05, 0.1) is 17.5 Å². The lowest BCUT2D eigenvalue weighted by molar-refractivity contribution is -0.137. The van der Waals surface area contributed by atoms with E-state index in [-0.39, 0.29) is 5.56 Å². The zero-order chi connectivity index (χ0) is 19.2. The van der Waals surface area contributed by atoms with Crippen molar-refractivity contribution < 1.29 is 13.2 Å². The van der Waals surface area contributed by atoms with Crippen LogP contribution in [0, 0.1) is 5.92 Å². The highest BCUT2D eigenvalue weighted by Crippen LogP contribution is 2.35. The monoisotopic (exact) mass is 397 g/mol. The molecule has 0 saturated carbocycles. The smallest absolute Gasteiger partial charge is 0.383 e. The average molecular weight is 397 g/mol. The Morgan fingerprint density at radius 3 is 2.85 bits per heavy atom. The number of nitrogens with two attached hydrogens (primary N) is 2. The maximum absolute atomic E-state index is 13.0. The molecule has 1 aliphatic heterocycles. The van der Waals surface area contributed by atoms with Crippen molar-refractivity contribution in [2.45, 2.75) is 19.0 Å². The van der Waals surface area contributed by atoms with E-state index in [1.807, 2.05) is 0 Å². The summed E-state index contributed by atoms with van der Waals surface area (Å²) in [6, 6.07) is 0.964. The maximum Gasteiger partial charge on any atom is 0.419 e. The van der Waals surface area contributed by atoms with E-state index in [9.17, 15) is 13.2 Å². The SMILES string of the molecule is NCC1CCCN(c2nn3cc(-c4cnc(N)c(C(F)(F)F)c4)nc3s2)C1. The highest BCUT2D eigenvalue weighted by molar-refractivity contribution is 7.20. The van der Waals surface area contributed by atoms with E-state index in [2.05, 4.69) is 20.0 Å². The predicted octanol–water partition coefficient (Wildman–Crippen LogP) is 2.63. The number of hydrogen-bond donors (Lipinski definition) is 2. The first-order chi connectivity index (χ1) is 12.8. The third-order valence-corrected chi connectivity index (χ3v) is 5.66. The number of piperidine rings is 1. The molecular formula is C16H18F3N7S. The molecule has 27 heavy (non-hydrogen) atoms. The molecular weight excluding hydrogens is 379 g/mol. The minimum Gasteiger partial charge on any atom is -0.383 e. The molecule has 0 bridgehead atoms. The Labute approximate surface area is 156 Å². The van der Waals surface area contributed by atoms with E-state index in [0.29, 0.717) is 23.1 Å². The normalized spacial score (nSPS) is 18.4. The first-order valence-electron chi connectivity index (χ1n) is 8.49. The lowest BCUT2D eigenvalue weighted by Gasteiger charge is -2.31. The molecule has 1 saturated heterocycles. The van der Waals surface area contributed by atoms with Gasteiger partial charge in [-0.1, -0.05) is 11.3 Å². The quantitative estimate of drug-likeness (QED) is 0.705. The fourth-order valence-electron chi connectivity index (χ4n) is 3.23. The van der Waals surface area contributed by atoms with Gasteiger partial charge in [-0.05, 0) is 31.4 Å². The molecule has 0 aromatic carbocycles. The summed E-state index contributed by atoms with van der Waals surface area (Å²) >= 11 is 1.40. The van der Waals surface area contributed by atoms with E-state index in [1.165, 1.54) is 17.5 Å². The van der Waals surface area contributed by atoms with Crippen LogP contribution in [0.3, 0.4) is 0 Å². The van der Waals surface area contributed by atoms with E-state index >= 15 is 0 Å². The number of pyridine rings is 1. The van der Waals surface area contributed by atoms with Gasteiger partial charge in [-0.25, -0.2) is 14.5 Å². The van der Waals surface area contributed by atoms with Gasteiger partial charge in [0.25, 0.3) is 0 Å². The van der Waals surface area contributed by atoms with E-state index in [1.54, 1.807) is 10.7 Å². The van der Waals surface area contributed by atoms with Gasteiger partial charge < -0.3 is 16.4 Å². The molecule has 0 radical (unpaired) electrons. The number of alkyl halides is 3. The summed E-state index contributed by atoms with van der Waals surface area (Å²) < 4.78 is 40.7. The van der Waals surface area contributed by atoms with E-state index < -0.39 is 17.6 Å². The molecule has 7 nitrogen and oxygen atoms in total. The van der Waals surface area contributed by atoms with Crippen LogP contribution in [0.25, 0.3) is 16.2 Å². The molecule has 1 unspecified atom stereocenters. The van der Waals surface area contributed by atoms with Crippen LogP contribution in [0.2, 0.25) is 0 Å². The number of nitrogen functional groups attached to an aromatic ring is 1. The van der Waals surface area contributed by atoms with Crippen molar-refractivity contribution in [1.82, 2.24) is 19.6 Å².